The number of ether oxygens (including phenoxy) is 10. The van der Waals surface area contributed by atoms with Crippen molar-refractivity contribution in [3.05, 3.63) is 71.9 Å². The highest BCUT2D eigenvalue weighted by Gasteiger charge is 2.53. The molecule has 0 aromatic rings. The van der Waals surface area contributed by atoms with E-state index in [0.29, 0.717) is 32.1 Å². The maximum Gasteiger partial charge on any atom is 0.331 e. The highest BCUT2D eigenvalue weighted by Crippen LogP contribution is 2.44. The van der Waals surface area contributed by atoms with Crippen LogP contribution in [0, 0.1) is 35.5 Å². The van der Waals surface area contributed by atoms with E-state index in [0.717, 1.165) is 17.6 Å². The number of aliphatic hydroxyl groups is 7. The van der Waals surface area contributed by atoms with Crippen molar-refractivity contribution < 1.29 is 92.7 Å². The first kappa shape index (κ1) is 70.5. The molecule has 4 saturated heterocycles. The fraction of sp³-hybridized carbons (Fsp3) is 0.781. The van der Waals surface area contributed by atoms with Crippen molar-refractivity contribution in [3.8, 4) is 0 Å². The maximum atomic E-state index is 14.0. The first-order chi connectivity index (χ1) is 39.4. The van der Waals surface area contributed by atoms with E-state index in [4.69, 9.17) is 47.4 Å². The van der Waals surface area contributed by atoms with Crippen LogP contribution in [0.25, 0.3) is 0 Å². The number of cyclic esters (lactones) is 2. The van der Waals surface area contributed by atoms with Gasteiger partial charge >= 0.3 is 11.9 Å². The fourth-order valence-corrected chi connectivity index (χ4v) is 12.7. The van der Waals surface area contributed by atoms with Crippen LogP contribution in [0.5, 0.6) is 0 Å². The molecule has 5 rings (SSSR count). The molecule has 0 saturated carbocycles. The predicted molar refractivity (Wildman–Crippen MR) is 311 cm³/mol. The molecular formula is C64H104O19. The Morgan fingerprint density at radius 2 is 1.00 bits per heavy atom. The minimum atomic E-state index is -1.51. The van der Waals surface area contributed by atoms with E-state index in [2.05, 4.69) is 0 Å². The lowest BCUT2D eigenvalue weighted by Gasteiger charge is -2.49. The van der Waals surface area contributed by atoms with Gasteiger partial charge in [0.1, 0.15) is 36.6 Å². The van der Waals surface area contributed by atoms with E-state index in [1.54, 1.807) is 26.0 Å². The largest absolute Gasteiger partial charge is 0.458 e. The molecule has 0 radical (unpaired) electrons. The summed E-state index contributed by atoms with van der Waals surface area (Å²) in [4.78, 5) is 28.0. The second kappa shape index (κ2) is 32.7. The van der Waals surface area contributed by atoms with Gasteiger partial charge in [0, 0.05) is 94.0 Å². The van der Waals surface area contributed by atoms with E-state index < -0.39 is 139 Å². The van der Waals surface area contributed by atoms with Crippen LogP contribution >= 0.6 is 0 Å². The number of carbonyl (C=O) groups is 2. The molecule has 5 aliphatic heterocycles. The molecule has 0 aromatic carbocycles. The van der Waals surface area contributed by atoms with Crippen LogP contribution in [-0.4, -0.2) is 178 Å². The zero-order chi connectivity index (χ0) is 61.5. The van der Waals surface area contributed by atoms with Crippen LogP contribution < -0.4 is 0 Å². The second-order valence-electron chi connectivity index (χ2n) is 23.9. The van der Waals surface area contributed by atoms with Crippen LogP contribution in [0.15, 0.2) is 71.9 Å². The van der Waals surface area contributed by atoms with Crippen molar-refractivity contribution in [2.75, 3.05) is 14.2 Å². The quantitative estimate of drug-likeness (QED) is 0.0587. The molecule has 0 bridgehead atoms. The lowest BCUT2D eigenvalue weighted by molar-refractivity contribution is -0.351. The third kappa shape index (κ3) is 18.4. The summed E-state index contributed by atoms with van der Waals surface area (Å²) in [5, 5.41) is 77.2. The summed E-state index contributed by atoms with van der Waals surface area (Å²) in [5.41, 5.74) is 1.60. The van der Waals surface area contributed by atoms with Crippen LogP contribution in [-0.2, 0) is 57.0 Å². The fourth-order valence-electron chi connectivity index (χ4n) is 12.7. The van der Waals surface area contributed by atoms with E-state index >= 15 is 0 Å². The van der Waals surface area contributed by atoms with Gasteiger partial charge < -0.3 is 83.1 Å². The Labute approximate surface area is 494 Å². The first-order valence-electron chi connectivity index (χ1n) is 30.7. The number of allylic oxidation sites excluding steroid dienone is 8. The van der Waals surface area contributed by atoms with Crippen molar-refractivity contribution in [1.29, 1.82) is 0 Å². The molecule has 4 fully saturated rings. The standard InChI is InChI=1S/C64H104O19/c1-15-42-23-21-25-44(17-3)60(36(7)49(66)32-63(74-13)34-51(46(19-5)38(9)82-63)78-55-31-48(65)56(70)40(11)76-55)80-53(68)29-27-43(16-2)24-22-26-45(18-4)61(81-54(69)30-28-42)37(8)50(67)33-64(75-14)35-52(47(20-6)39(10)83-64)79-62-59(73)58(72)57(71)41(12)77-62/h21-30,36-41,44-52,55-62,65-67,70-73H,15-20,31-35H2,1-14H3/b25-21-,26-22-,29-27-,30-28-,42-23-,43-24-/t36-,37-,38+,39+,40-,41+,44-,45-,46+,47-,48-,49-,50+,51+,52+,55+,56-,57+,58+,59+,60-,61-,62-,63+,64+/m0/s1. The van der Waals surface area contributed by atoms with Crippen molar-refractivity contribution in [3.63, 3.8) is 0 Å². The molecule has 0 amide bonds. The Morgan fingerprint density at radius 3 is 1.40 bits per heavy atom. The Hall–Kier alpha value is -3.22. The molecule has 19 heteroatoms. The van der Waals surface area contributed by atoms with E-state index in [1.807, 2.05) is 106 Å². The van der Waals surface area contributed by atoms with Crippen LogP contribution in [0.3, 0.4) is 0 Å². The number of esters is 2. The van der Waals surface area contributed by atoms with Gasteiger partial charge in [0.05, 0.1) is 54.9 Å². The van der Waals surface area contributed by atoms with E-state index in [1.165, 1.54) is 26.4 Å². The van der Waals surface area contributed by atoms with Gasteiger partial charge in [-0.15, -0.1) is 0 Å². The smallest absolute Gasteiger partial charge is 0.331 e. The highest BCUT2D eigenvalue weighted by molar-refractivity contribution is 5.83. The maximum absolute atomic E-state index is 14.0. The number of methoxy groups -OCH3 is 2. The van der Waals surface area contributed by atoms with Gasteiger partial charge in [-0.25, -0.2) is 9.59 Å². The predicted octanol–water partition coefficient (Wildman–Crippen LogP) is 7.36. The third-order valence-electron chi connectivity index (χ3n) is 18.4. The third-order valence-corrected chi connectivity index (χ3v) is 18.4. The van der Waals surface area contributed by atoms with Gasteiger partial charge in [-0.1, -0.05) is 104 Å². The molecular weight excluding hydrogens is 1070 g/mol. The zero-order valence-corrected chi connectivity index (χ0v) is 51.9. The zero-order valence-electron chi connectivity index (χ0n) is 51.9. The number of hydrogen-bond donors (Lipinski definition) is 7. The Balaban J connectivity index is 1.40. The molecule has 0 aliphatic carbocycles. The summed E-state index contributed by atoms with van der Waals surface area (Å²) in [6.07, 6.45) is 6.02. The van der Waals surface area contributed by atoms with Gasteiger partial charge in [0.2, 0.25) is 0 Å². The van der Waals surface area contributed by atoms with Crippen LogP contribution in [0.4, 0.5) is 0 Å². The summed E-state index contributed by atoms with van der Waals surface area (Å²) >= 11 is 0. The number of hydrogen-bond acceptors (Lipinski definition) is 19. The van der Waals surface area contributed by atoms with E-state index in [-0.39, 0.29) is 56.0 Å². The summed E-state index contributed by atoms with van der Waals surface area (Å²) < 4.78 is 62.9. The Bertz CT molecular complexity index is 2190. The molecule has 7 N–H and O–H groups in total. The monoisotopic (exact) mass is 1180 g/mol. The Morgan fingerprint density at radius 1 is 0.566 bits per heavy atom. The number of aliphatic hydroxyl groups excluding tert-OH is 7. The number of rotatable bonds is 20. The van der Waals surface area contributed by atoms with Gasteiger partial charge in [-0.2, -0.15) is 0 Å². The van der Waals surface area contributed by atoms with Crippen molar-refractivity contribution in [2.45, 2.75) is 269 Å². The SMILES string of the molecule is CCC1=C/C=C\[C@H](CC)[C@H]([C@@H](C)[C@@H](O)C[C@]2(OC)C[C@@H](O[C@@H]3C[C@H](O)[C@@H](O)[C@H](C)O3)[C@H](CC)[C@@H](C)O2)OC(=O)\C=C/C(CC)=C\C=C/[C@H](CC)[C@H]([C@@H](C)[C@H](O)C[C@]2(OC)C[C@@H](O[C@@H]3O[C@H](C)[C@@H](O)[C@@H](O)[C@H]3O)[C@@H](CC)[C@@H](C)O2)OC(=O)/C=C\1. The molecule has 0 unspecified atom stereocenters. The molecule has 474 valence electrons. The minimum Gasteiger partial charge on any atom is -0.458 e. The highest BCUT2D eigenvalue weighted by atomic mass is 16.7. The van der Waals surface area contributed by atoms with Gasteiger partial charge in [-0.05, 0) is 77.4 Å². The summed E-state index contributed by atoms with van der Waals surface area (Å²) in [6.45, 7) is 22.7. The first-order valence-corrected chi connectivity index (χ1v) is 30.7. The second-order valence-corrected chi connectivity index (χ2v) is 23.9. The molecule has 83 heavy (non-hydrogen) atoms. The molecule has 5 aliphatic rings. The normalized spacial score (nSPS) is 43.4. The van der Waals surface area contributed by atoms with Crippen molar-refractivity contribution >= 4 is 11.9 Å². The lowest BCUT2D eigenvalue weighted by Crippen LogP contribution is -2.60. The molecule has 0 aromatic heterocycles. The summed E-state index contributed by atoms with van der Waals surface area (Å²) in [7, 11) is 3.03. The Kier molecular flexibility index (Phi) is 27.8. The average molecular weight is 1180 g/mol. The van der Waals surface area contributed by atoms with Gasteiger partial charge in [-0.3, -0.25) is 0 Å². The molecule has 19 nitrogen and oxygen atoms in total. The molecule has 0 spiro atoms. The van der Waals surface area contributed by atoms with Gasteiger partial charge in [0.15, 0.2) is 24.2 Å². The van der Waals surface area contributed by atoms with Crippen LogP contribution in [0.1, 0.15) is 154 Å². The van der Waals surface area contributed by atoms with Crippen LogP contribution in [0.2, 0.25) is 0 Å². The number of carbonyl (C=O) groups excluding carboxylic acids is 2. The summed E-state index contributed by atoms with van der Waals surface area (Å²) in [5.74, 6) is -6.17. The minimum absolute atomic E-state index is 0.0196. The molecule has 5 heterocycles. The van der Waals surface area contributed by atoms with E-state index in [9.17, 15) is 45.3 Å². The van der Waals surface area contributed by atoms with Crippen molar-refractivity contribution in [2.24, 2.45) is 35.5 Å². The summed E-state index contributed by atoms with van der Waals surface area (Å²) in [6, 6.07) is 0. The lowest BCUT2D eigenvalue weighted by atomic mass is 9.80. The van der Waals surface area contributed by atoms with Gasteiger partial charge in [0.25, 0.3) is 0 Å². The van der Waals surface area contributed by atoms with Crippen molar-refractivity contribution in [1.82, 2.24) is 0 Å². The average Bonchev–Trinajstić information content (AvgIpc) is 2.95. The topological polar surface area (TPSA) is 268 Å². The molecule has 25 atom stereocenters.